The Morgan fingerprint density at radius 3 is 2.84 bits per heavy atom. The molecule has 0 radical (unpaired) electrons. The van der Waals surface area contributed by atoms with E-state index in [1.807, 2.05) is 12.4 Å². The highest BCUT2D eigenvalue weighted by atomic mass is 16.5. The van der Waals surface area contributed by atoms with Gasteiger partial charge in [-0.1, -0.05) is 0 Å². The van der Waals surface area contributed by atoms with Crippen molar-refractivity contribution in [1.29, 1.82) is 0 Å². The van der Waals surface area contributed by atoms with Crippen LogP contribution in [0.15, 0.2) is 24.5 Å². The van der Waals surface area contributed by atoms with Crippen LogP contribution >= 0.6 is 0 Å². The van der Waals surface area contributed by atoms with Crippen LogP contribution in [0.5, 0.6) is 0 Å². The van der Waals surface area contributed by atoms with Gasteiger partial charge in [-0.15, -0.1) is 0 Å². The predicted molar refractivity (Wildman–Crippen MR) is 95.0 cm³/mol. The minimum absolute atomic E-state index is 0.0671. The van der Waals surface area contributed by atoms with E-state index in [0.29, 0.717) is 6.04 Å². The van der Waals surface area contributed by atoms with Crippen LogP contribution in [0.2, 0.25) is 0 Å². The third-order valence-electron chi connectivity index (χ3n) is 5.75. The summed E-state index contributed by atoms with van der Waals surface area (Å²) in [6.45, 7) is 5.99. The van der Waals surface area contributed by atoms with Crippen LogP contribution in [0.25, 0.3) is 0 Å². The minimum atomic E-state index is -0.284. The second kappa shape index (κ2) is 7.81. The Balaban J connectivity index is 1.25. The van der Waals surface area contributed by atoms with Crippen molar-refractivity contribution in [3.63, 3.8) is 0 Å². The summed E-state index contributed by atoms with van der Waals surface area (Å²) in [6.07, 6.45) is 8.01. The van der Waals surface area contributed by atoms with Crippen LogP contribution in [0.4, 0.5) is 0 Å². The Morgan fingerprint density at radius 1 is 1.24 bits per heavy atom. The van der Waals surface area contributed by atoms with E-state index < -0.39 is 0 Å². The van der Waals surface area contributed by atoms with Crippen molar-refractivity contribution in [2.24, 2.45) is 0 Å². The molecule has 3 fully saturated rings. The Hall–Kier alpha value is -1.50. The van der Waals surface area contributed by atoms with E-state index in [4.69, 9.17) is 4.74 Å². The van der Waals surface area contributed by atoms with Gasteiger partial charge in [0.1, 0.15) is 6.10 Å². The number of fused-ring (bicyclic) bond motifs is 1. The van der Waals surface area contributed by atoms with Crippen LogP contribution in [0.1, 0.15) is 31.2 Å². The number of pyridine rings is 1. The predicted octanol–water partition coefficient (Wildman–Crippen LogP) is 1.03. The Kier molecular flexibility index (Phi) is 5.29. The van der Waals surface area contributed by atoms with Gasteiger partial charge in [-0.3, -0.25) is 14.7 Å². The smallest absolute Gasteiger partial charge is 0.249 e. The van der Waals surface area contributed by atoms with E-state index in [2.05, 4.69) is 32.2 Å². The number of aromatic nitrogens is 1. The van der Waals surface area contributed by atoms with Gasteiger partial charge in [0.2, 0.25) is 5.91 Å². The zero-order chi connectivity index (χ0) is 17.1. The molecule has 25 heavy (non-hydrogen) atoms. The van der Waals surface area contributed by atoms with E-state index in [9.17, 15) is 4.79 Å². The van der Waals surface area contributed by atoms with E-state index in [0.717, 1.165) is 39.0 Å². The first-order valence-corrected chi connectivity index (χ1v) is 9.58. The molecule has 6 heteroatoms. The number of carbonyl (C=O) groups excluding carboxylic acids is 1. The maximum absolute atomic E-state index is 12.4. The van der Waals surface area contributed by atoms with Gasteiger partial charge in [-0.05, 0) is 50.0 Å². The molecule has 6 nitrogen and oxygen atoms in total. The highest BCUT2D eigenvalue weighted by molar-refractivity contribution is 5.81. The molecule has 1 amide bonds. The Bertz CT molecular complexity index is 576. The van der Waals surface area contributed by atoms with Crippen molar-refractivity contribution in [1.82, 2.24) is 20.1 Å². The minimum Gasteiger partial charge on any atom is -0.363 e. The summed E-state index contributed by atoms with van der Waals surface area (Å²) >= 11 is 0. The summed E-state index contributed by atoms with van der Waals surface area (Å²) in [5.74, 6) is 0.0671. The molecule has 1 N–H and O–H groups in total. The summed E-state index contributed by atoms with van der Waals surface area (Å²) in [5.41, 5.74) is 1.27. The summed E-state index contributed by atoms with van der Waals surface area (Å²) in [5, 5.41) is 3.07. The van der Waals surface area contributed by atoms with Crippen molar-refractivity contribution < 1.29 is 9.53 Å². The number of likely N-dealkylation sites (tertiary alicyclic amines) is 2. The maximum atomic E-state index is 12.4. The van der Waals surface area contributed by atoms with Crippen LogP contribution in [-0.4, -0.2) is 71.7 Å². The topological polar surface area (TPSA) is 57.7 Å². The molecule has 3 aliphatic rings. The zero-order valence-corrected chi connectivity index (χ0v) is 14.8. The summed E-state index contributed by atoms with van der Waals surface area (Å²) in [6, 6.07) is 4.49. The van der Waals surface area contributed by atoms with Crippen LogP contribution in [0.3, 0.4) is 0 Å². The van der Waals surface area contributed by atoms with Crippen molar-refractivity contribution in [2.45, 2.75) is 50.5 Å². The first kappa shape index (κ1) is 16.9. The standard InChI is InChI=1S/C19H28N4O2/c24-19(21-8-12-22-9-1-2-10-22)18-13-16-17(25-18)5-11-23(16)14-15-3-6-20-7-4-15/h3-4,6-7,16-18H,1-2,5,8-14H2,(H,21,24)/t16-,17-,18+/m0/s1. The van der Waals surface area contributed by atoms with Gasteiger partial charge in [-0.25, -0.2) is 0 Å². The molecule has 3 saturated heterocycles. The Morgan fingerprint density at radius 2 is 2.04 bits per heavy atom. The SMILES string of the molecule is O=C(NCCN1CCCC1)[C@H]1C[C@H]2[C@H](CCN2Cc2ccncc2)O1. The van der Waals surface area contributed by atoms with Crippen LogP contribution < -0.4 is 5.32 Å². The van der Waals surface area contributed by atoms with Gasteiger partial charge in [0.05, 0.1) is 6.10 Å². The van der Waals surface area contributed by atoms with E-state index in [1.54, 1.807) is 0 Å². The molecule has 0 bridgehead atoms. The monoisotopic (exact) mass is 344 g/mol. The summed E-state index contributed by atoms with van der Waals surface area (Å²) in [7, 11) is 0. The maximum Gasteiger partial charge on any atom is 0.249 e. The molecule has 3 atom stereocenters. The number of amides is 1. The fraction of sp³-hybridized carbons (Fsp3) is 0.684. The largest absolute Gasteiger partial charge is 0.363 e. The van der Waals surface area contributed by atoms with Gasteiger partial charge in [0, 0.05) is 51.0 Å². The summed E-state index contributed by atoms with van der Waals surface area (Å²) < 4.78 is 6.06. The molecule has 1 aromatic rings. The van der Waals surface area contributed by atoms with Gasteiger partial charge in [-0.2, -0.15) is 0 Å². The average molecular weight is 344 g/mol. The molecule has 136 valence electrons. The molecule has 0 aromatic carbocycles. The molecule has 4 rings (SSSR count). The van der Waals surface area contributed by atoms with E-state index >= 15 is 0 Å². The van der Waals surface area contributed by atoms with Crippen molar-refractivity contribution in [3.8, 4) is 0 Å². The van der Waals surface area contributed by atoms with Gasteiger partial charge in [0.15, 0.2) is 0 Å². The van der Waals surface area contributed by atoms with Gasteiger partial charge < -0.3 is 15.0 Å². The lowest BCUT2D eigenvalue weighted by Crippen LogP contribution is -2.40. The molecule has 0 aliphatic carbocycles. The van der Waals surface area contributed by atoms with E-state index in [1.165, 1.54) is 31.5 Å². The first-order valence-electron chi connectivity index (χ1n) is 9.58. The number of carbonyl (C=O) groups is 1. The molecule has 0 saturated carbocycles. The summed E-state index contributed by atoms with van der Waals surface area (Å²) in [4.78, 5) is 21.4. The van der Waals surface area contributed by atoms with Crippen molar-refractivity contribution in [2.75, 3.05) is 32.7 Å². The molecule has 0 spiro atoms. The second-order valence-electron chi connectivity index (χ2n) is 7.42. The highest BCUT2D eigenvalue weighted by Gasteiger charge is 2.45. The Labute approximate surface area is 149 Å². The lowest BCUT2D eigenvalue weighted by Gasteiger charge is -2.22. The number of nitrogens with zero attached hydrogens (tertiary/aromatic N) is 3. The number of hydrogen-bond acceptors (Lipinski definition) is 5. The fourth-order valence-corrected chi connectivity index (χ4v) is 4.38. The van der Waals surface area contributed by atoms with E-state index in [-0.39, 0.29) is 18.1 Å². The highest BCUT2D eigenvalue weighted by Crippen LogP contribution is 2.33. The van der Waals surface area contributed by atoms with Crippen LogP contribution in [0, 0.1) is 0 Å². The lowest BCUT2D eigenvalue weighted by atomic mass is 10.1. The molecule has 4 heterocycles. The van der Waals surface area contributed by atoms with Crippen LogP contribution in [-0.2, 0) is 16.1 Å². The van der Waals surface area contributed by atoms with Gasteiger partial charge >= 0.3 is 0 Å². The number of nitrogens with one attached hydrogen (secondary N) is 1. The number of ether oxygens (including phenoxy) is 1. The van der Waals surface area contributed by atoms with Gasteiger partial charge in [0.25, 0.3) is 0 Å². The second-order valence-corrected chi connectivity index (χ2v) is 7.42. The molecular formula is C19H28N4O2. The molecule has 1 aromatic heterocycles. The zero-order valence-electron chi connectivity index (χ0n) is 14.8. The molecular weight excluding hydrogens is 316 g/mol. The lowest BCUT2D eigenvalue weighted by molar-refractivity contribution is -0.132. The normalized spacial score (nSPS) is 29.8. The number of rotatable bonds is 6. The molecule has 0 unspecified atom stereocenters. The first-order chi connectivity index (χ1) is 12.3. The third-order valence-corrected chi connectivity index (χ3v) is 5.75. The van der Waals surface area contributed by atoms with Crippen molar-refractivity contribution in [3.05, 3.63) is 30.1 Å². The number of hydrogen-bond donors (Lipinski definition) is 1. The van der Waals surface area contributed by atoms with Crippen molar-refractivity contribution >= 4 is 5.91 Å². The quantitative estimate of drug-likeness (QED) is 0.835. The average Bonchev–Trinajstić information content (AvgIpc) is 3.34. The fourth-order valence-electron chi connectivity index (χ4n) is 4.38. The third kappa shape index (κ3) is 4.02. The molecule has 3 aliphatic heterocycles.